The Kier molecular flexibility index (Phi) is 2.30. The minimum absolute atomic E-state index is 0.217. The number of nitrogens with one attached hydrogen (secondary N) is 1. The van der Waals surface area contributed by atoms with Gasteiger partial charge in [0.05, 0.1) is 6.04 Å². The summed E-state index contributed by atoms with van der Waals surface area (Å²) in [5.74, 6) is 0.987. The molecule has 70 valence electrons. The van der Waals surface area contributed by atoms with E-state index in [0.29, 0.717) is 6.04 Å². The van der Waals surface area contributed by atoms with E-state index in [9.17, 15) is 0 Å². The predicted molar refractivity (Wildman–Crippen MR) is 56.0 cm³/mol. The van der Waals surface area contributed by atoms with Crippen molar-refractivity contribution in [3.63, 3.8) is 0 Å². The van der Waals surface area contributed by atoms with Crippen LogP contribution in [-0.4, -0.2) is 13.2 Å². The van der Waals surface area contributed by atoms with E-state index in [4.69, 9.17) is 4.74 Å². The van der Waals surface area contributed by atoms with Gasteiger partial charge >= 0.3 is 0 Å². The number of fused-ring (bicyclic) bond motifs is 1. The second-order valence-electron chi connectivity index (χ2n) is 3.27. The molecule has 1 aliphatic rings. The number of hydrogen-bond donors (Lipinski definition) is 1. The zero-order valence-corrected chi connectivity index (χ0v) is 9.26. The van der Waals surface area contributed by atoms with Crippen LogP contribution in [0.4, 0.5) is 0 Å². The van der Waals surface area contributed by atoms with E-state index in [1.54, 1.807) is 0 Å². The monoisotopic (exact) mass is 241 g/mol. The van der Waals surface area contributed by atoms with Crippen LogP contribution < -0.4 is 10.1 Å². The summed E-state index contributed by atoms with van der Waals surface area (Å²) in [6.45, 7) is 2.08. The predicted octanol–water partition coefficient (Wildman–Crippen LogP) is 2.49. The first-order valence-corrected chi connectivity index (χ1v) is 5.15. The van der Waals surface area contributed by atoms with E-state index in [-0.39, 0.29) is 6.10 Å². The topological polar surface area (TPSA) is 21.3 Å². The lowest BCUT2D eigenvalue weighted by molar-refractivity contribution is 0.214. The standard InChI is InChI=1S/C10H12BrNO/c1-6-10(12-2)8-4-3-7(11)5-9(8)13-6/h3-6,10,12H,1-2H3. The number of halogens is 1. The van der Waals surface area contributed by atoms with Gasteiger partial charge in [-0.1, -0.05) is 22.0 Å². The molecule has 1 aromatic rings. The van der Waals surface area contributed by atoms with Gasteiger partial charge in [0.1, 0.15) is 11.9 Å². The van der Waals surface area contributed by atoms with Gasteiger partial charge in [0.25, 0.3) is 0 Å². The summed E-state index contributed by atoms with van der Waals surface area (Å²) in [7, 11) is 1.96. The third kappa shape index (κ3) is 1.46. The summed E-state index contributed by atoms with van der Waals surface area (Å²) in [4.78, 5) is 0. The molecule has 0 saturated heterocycles. The van der Waals surface area contributed by atoms with Crippen LogP contribution in [0.25, 0.3) is 0 Å². The Labute approximate surface area is 86.4 Å². The molecule has 1 aliphatic heterocycles. The molecule has 1 heterocycles. The minimum atomic E-state index is 0.217. The lowest BCUT2D eigenvalue weighted by Crippen LogP contribution is -2.25. The number of rotatable bonds is 1. The molecule has 0 saturated carbocycles. The highest BCUT2D eigenvalue weighted by molar-refractivity contribution is 9.10. The summed E-state index contributed by atoms with van der Waals surface area (Å²) in [5, 5.41) is 3.25. The van der Waals surface area contributed by atoms with Gasteiger partial charge in [-0.2, -0.15) is 0 Å². The zero-order chi connectivity index (χ0) is 9.42. The van der Waals surface area contributed by atoms with E-state index in [2.05, 4.69) is 34.2 Å². The average molecular weight is 242 g/mol. The molecule has 0 spiro atoms. The number of benzene rings is 1. The van der Waals surface area contributed by atoms with E-state index < -0.39 is 0 Å². The molecule has 0 radical (unpaired) electrons. The molecular formula is C10H12BrNO. The van der Waals surface area contributed by atoms with Gasteiger partial charge in [0.2, 0.25) is 0 Å². The third-order valence-electron chi connectivity index (χ3n) is 2.40. The summed E-state index contributed by atoms with van der Waals surface area (Å²) in [5.41, 5.74) is 1.25. The highest BCUT2D eigenvalue weighted by Crippen LogP contribution is 2.37. The highest BCUT2D eigenvalue weighted by Gasteiger charge is 2.29. The Bertz CT molecular complexity index is 327. The van der Waals surface area contributed by atoms with Gasteiger partial charge in [0.15, 0.2) is 0 Å². The normalized spacial score (nSPS) is 25.5. The Balaban J connectivity index is 2.42. The summed E-state index contributed by atoms with van der Waals surface area (Å²) < 4.78 is 6.76. The summed E-state index contributed by atoms with van der Waals surface area (Å²) in [6.07, 6.45) is 0.217. The van der Waals surface area contributed by atoms with Crippen LogP contribution >= 0.6 is 15.9 Å². The Hall–Kier alpha value is -0.540. The molecule has 0 amide bonds. The van der Waals surface area contributed by atoms with Gasteiger partial charge in [-0.25, -0.2) is 0 Å². The molecule has 2 rings (SSSR count). The molecule has 0 fully saturated rings. The van der Waals surface area contributed by atoms with Crippen LogP contribution in [0.3, 0.4) is 0 Å². The molecule has 1 aromatic carbocycles. The second kappa shape index (κ2) is 3.31. The first-order valence-electron chi connectivity index (χ1n) is 4.35. The van der Waals surface area contributed by atoms with Crippen LogP contribution in [0.15, 0.2) is 22.7 Å². The number of hydrogen-bond acceptors (Lipinski definition) is 2. The van der Waals surface area contributed by atoms with E-state index in [1.165, 1.54) is 5.56 Å². The van der Waals surface area contributed by atoms with Crippen molar-refractivity contribution < 1.29 is 4.74 Å². The maximum atomic E-state index is 5.70. The van der Waals surface area contributed by atoms with Crippen LogP contribution in [0, 0.1) is 0 Å². The molecule has 0 aromatic heterocycles. The van der Waals surface area contributed by atoms with E-state index >= 15 is 0 Å². The fourth-order valence-electron chi connectivity index (χ4n) is 1.78. The van der Waals surface area contributed by atoms with Crippen LogP contribution in [0.1, 0.15) is 18.5 Å². The first-order chi connectivity index (χ1) is 6.22. The molecule has 13 heavy (non-hydrogen) atoms. The second-order valence-corrected chi connectivity index (χ2v) is 4.19. The zero-order valence-electron chi connectivity index (χ0n) is 7.67. The molecular weight excluding hydrogens is 230 g/mol. The van der Waals surface area contributed by atoms with Crippen molar-refractivity contribution in [3.05, 3.63) is 28.2 Å². The highest BCUT2D eigenvalue weighted by atomic mass is 79.9. The van der Waals surface area contributed by atoms with Crippen LogP contribution in [-0.2, 0) is 0 Å². The molecule has 2 nitrogen and oxygen atoms in total. The lowest BCUT2D eigenvalue weighted by atomic mass is 10.1. The molecule has 2 atom stereocenters. The van der Waals surface area contributed by atoms with Crippen LogP contribution in [0.2, 0.25) is 0 Å². The SMILES string of the molecule is CNC1c2ccc(Br)cc2OC1C. The fourth-order valence-corrected chi connectivity index (χ4v) is 2.12. The maximum absolute atomic E-state index is 5.70. The largest absolute Gasteiger partial charge is 0.488 e. The average Bonchev–Trinajstić information content (AvgIpc) is 2.39. The number of ether oxygens (including phenoxy) is 1. The van der Waals surface area contributed by atoms with Crippen molar-refractivity contribution in [1.82, 2.24) is 5.32 Å². The third-order valence-corrected chi connectivity index (χ3v) is 2.90. The van der Waals surface area contributed by atoms with E-state index in [1.807, 2.05) is 19.2 Å². The van der Waals surface area contributed by atoms with Gasteiger partial charge in [-0.3, -0.25) is 0 Å². The van der Waals surface area contributed by atoms with Crippen molar-refractivity contribution in [2.45, 2.75) is 19.1 Å². The van der Waals surface area contributed by atoms with Crippen molar-refractivity contribution in [2.75, 3.05) is 7.05 Å². The quantitative estimate of drug-likeness (QED) is 0.816. The lowest BCUT2D eigenvalue weighted by Gasteiger charge is -2.12. The van der Waals surface area contributed by atoms with Gasteiger partial charge in [0, 0.05) is 10.0 Å². The number of likely N-dealkylation sites (N-methyl/N-ethyl adjacent to an activating group) is 1. The van der Waals surface area contributed by atoms with Crippen molar-refractivity contribution in [1.29, 1.82) is 0 Å². The summed E-state index contributed by atoms with van der Waals surface area (Å²) in [6, 6.07) is 6.49. The smallest absolute Gasteiger partial charge is 0.125 e. The first kappa shape index (κ1) is 9.03. The van der Waals surface area contributed by atoms with Crippen molar-refractivity contribution in [2.24, 2.45) is 0 Å². The Morgan fingerprint density at radius 2 is 2.23 bits per heavy atom. The van der Waals surface area contributed by atoms with Crippen LogP contribution in [0.5, 0.6) is 5.75 Å². The van der Waals surface area contributed by atoms with Gasteiger partial charge in [-0.05, 0) is 26.1 Å². The van der Waals surface area contributed by atoms with Crippen molar-refractivity contribution in [3.8, 4) is 5.75 Å². The molecule has 0 aliphatic carbocycles. The Morgan fingerprint density at radius 3 is 2.92 bits per heavy atom. The Morgan fingerprint density at radius 1 is 1.46 bits per heavy atom. The van der Waals surface area contributed by atoms with Gasteiger partial charge < -0.3 is 10.1 Å². The van der Waals surface area contributed by atoms with Crippen molar-refractivity contribution >= 4 is 15.9 Å². The molecule has 0 bridgehead atoms. The maximum Gasteiger partial charge on any atom is 0.125 e. The summed E-state index contributed by atoms with van der Waals surface area (Å²) >= 11 is 3.43. The van der Waals surface area contributed by atoms with Gasteiger partial charge in [-0.15, -0.1) is 0 Å². The molecule has 3 heteroatoms. The minimum Gasteiger partial charge on any atom is -0.488 e. The molecule has 1 N–H and O–H groups in total. The molecule has 2 unspecified atom stereocenters. The fraction of sp³-hybridized carbons (Fsp3) is 0.400. The van der Waals surface area contributed by atoms with E-state index in [0.717, 1.165) is 10.2 Å².